The van der Waals surface area contributed by atoms with Gasteiger partial charge in [-0.05, 0) is 36.4 Å². The molecule has 0 bridgehead atoms. The summed E-state index contributed by atoms with van der Waals surface area (Å²) in [4.78, 5) is 28.5. The molecule has 2 aliphatic rings. The number of benzene rings is 2. The molecule has 1 unspecified atom stereocenters. The molecule has 2 saturated heterocycles. The van der Waals surface area contributed by atoms with Crippen molar-refractivity contribution in [2.75, 3.05) is 47.4 Å². The van der Waals surface area contributed by atoms with Crippen LogP contribution in [0.3, 0.4) is 0 Å². The number of alkyl halides is 1. The second-order valence-electron chi connectivity index (χ2n) is 8.24. The number of carbonyl (C=O) groups is 2. The number of para-hydroxylation sites is 1. The molecule has 1 aromatic heterocycles. The summed E-state index contributed by atoms with van der Waals surface area (Å²) in [6, 6.07) is 15.1. The predicted molar refractivity (Wildman–Crippen MR) is 123 cm³/mol. The van der Waals surface area contributed by atoms with Gasteiger partial charge < -0.3 is 19.9 Å². The standard InChI is InChI=1S/C23H25FN6O3/c1-15(31)25-12-18-13-30(23(32)33-18)17-8-6-16(7-9-17)28-10-11-29(21(24)14-28)22-19-4-2-3-5-20(19)26-27-22/h2-9,18,21H,10-14H2,1H3,(H,25,31)(H,26,27)/t18?,21-/m1/s1. The minimum atomic E-state index is -1.20. The Bertz CT molecular complexity index is 1170. The Morgan fingerprint density at radius 1 is 1.15 bits per heavy atom. The monoisotopic (exact) mass is 452 g/mol. The van der Waals surface area contributed by atoms with Crippen molar-refractivity contribution in [3.8, 4) is 0 Å². The lowest BCUT2D eigenvalue weighted by Gasteiger charge is -2.39. The number of anilines is 3. The summed E-state index contributed by atoms with van der Waals surface area (Å²) >= 11 is 0. The molecule has 2 aromatic carbocycles. The number of rotatable bonds is 5. The molecular weight excluding hydrogens is 427 g/mol. The lowest BCUT2D eigenvalue weighted by Crippen LogP contribution is -2.51. The van der Waals surface area contributed by atoms with Crippen LogP contribution in [0.5, 0.6) is 0 Å². The molecule has 3 heterocycles. The van der Waals surface area contributed by atoms with Crippen molar-refractivity contribution in [1.29, 1.82) is 0 Å². The van der Waals surface area contributed by atoms with Crippen molar-refractivity contribution in [1.82, 2.24) is 15.5 Å². The van der Waals surface area contributed by atoms with Crippen molar-refractivity contribution in [2.24, 2.45) is 0 Å². The molecule has 5 rings (SSSR count). The Kier molecular flexibility index (Phi) is 5.49. The molecule has 172 valence electrons. The summed E-state index contributed by atoms with van der Waals surface area (Å²) in [6.07, 6.45) is -2.03. The van der Waals surface area contributed by atoms with Gasteiger partial charge in [-0.15, -0.1) is 0 Å². The molecule has 0 aliphatic carbocycles. The van der Waals surface area contributed by atoms with Gasteiger partial charge in [0.25, 0.3) is 0 Å². The molecule has 2 aliphatic heterocycles. The highest BCUT2D eigenvalue weighted by atomic mass is 19.1. The molecule has 33 heavy (non-hydrogen) atoms. The fourth-order valence-electron chi connectivity index (χ4n) is 4.32. The van der Waals surface area contributed by atoms with Crippen LogP contribution in [0.2, 0.25) is 0 Å². The van der Waals surface area contributed by atoms with Crippen molar-refractivity contribution >= 4 is 40.1 Å². The Labute approximate surface area is 190 Å². The summed E-state index contributed by atoms with van der Waals surface area (Å²) in [5, 5.41) is 10.9. The molecule has 2 N–H and O–H groups in total. The number of ether oxygens (including phenoxy) is 1. The Hall–Kier alpha value is -3.82. The fourth-order valence-corrected chi connectivity index (χ4v) is 4.32. The number of fused-ring (bicyclic) bond motifs is 1. The van der Waals surface area contributed by atoms with E-state index in [-0.39, 0.29) is 25.1 Å². The minimum absolute atomic E-state index is 0.166. The zero-order valence-electron chi connectivity index (χ0n) is 18.2. The lowest BCUT2D eigenvalue weighted by molar-refractivity contribution is -0.119. The minimum Gasteiger partial charge on any atom is -0.442 e. The van der Waals surface area contributed by atoms with Crippen molar-refractivity contribution in [2.45, 2.75) is 19.3 Å². The molecule has 0 spiro atoms. The number of aromatic nitrogens is 2. The molecular formula is C23H25FN6O3. The maximum atomic E-state index is 15.2. The van der Waals surface area contributed by atoms with Crippen LogP contribution in [0.25, 0.3) is 10.9 Å². The van der Waals surface area contributed by atoms with E-state index < -0.39 is 12.4 Å². The summed E-state index contributed by atoms with van der Waals surface area (Å²) in [5.41, 5.74) is 2.47. The van der Waals surface area contributed by atoms with E-state index in [1.54, 1.807) is 4.90 Å². The van der Waals surface area contributed by atoms with Crippen molar-refractivity contribution in [3.05, 3.63) is 48.5 Å². The van der Waals surface area contributed by atoms with E-state index in [0.29, 0.717) is 31.1 Å². The van der Waals surface area contributed by atoms with Crippen LogP contribution in [-0.4, -0.2) is 67.3 Å². The summed E-state index contributed by atoms with van der Waals surface area (Å²) in [5.74, 6) is 0.468. The average Bonchev–Trinajstić information content (AvgIpc) is 3.41. The smallest absolute Gasteiger partial charge is 0.414 e. The topological polar surface area (TPSA) is 93.8 Å². The number of hydrogen-bond acceptors (Lipinski definition) is 6. The number of nitrogens with one attached hydrogen (secondary N) is 2. The van der Waals surface area contributed by atoms with Gasteiger partial charge in [0.05, 0.1) is 25.2 Å². The van der Waals surface area contributed by atoms with Crippen LogP contribution >= 0.6 is 0 Å². The first-order valence-corrected chi connectivity index (χ1v) is 10.9. The van der Waals surface area contributed by atoms with Gasteiger partial charge in [-0.3, -0.25) is 14.8 Å². The van der Waals surface area contributed by atoms with Gasteiger partial charge in [-0.2, -0.15) is 5.10 Å². The maximum absolute atomic E-state index is 15.2. The van der Waals surface area contributed by atoms with Crippen LogP contribution in [0.15, 0.2) is 48.5 Å². The van der Waals surface area contributed by atoms with Crippen molar-refractivity contribution in [3.63, 3.8) is 0 Å². The van der Waals surface area contributed by atoms with E-state index in [9.17, 15) is 9.59 Å². The number of cyclic esters (lactones) is 1. The Morgan fingerprint density at radius 2 is 1.91 bits per heavy atom. The number of nitrogens with zero attached hydrogens (tertiary/aromatic N) is 4. The predicted octanol–water partition coefficient (Wildman–Crippen LogP) is 2.65. The number of piperazine rings is 1. The normalized spacial score (nSPS) is 20.9. The highest BCUT2D eigenvalue weighted by Crippen LogP contribution is 2.30. The molecule has 2 atom stereocenters. The summed E-state index contributed by atoms with van der Waals surface area (Å²) < 4.78 is 20.5. The van der Waals surface area contributed by atoms with Gasteiger partial charge in [0, 0.05) is 36.8 Å². The van der Waals surface area contributed by atoms with Crippen LogP contribution in [0.4, 0.5) is 26.4 Å². The van der Waals surface area contributed by atoms with Gasteiger partial charge in [-0.1, -0.05) is 12.1 Å². The maximum Gasteiger partial charge on any atom is 0.414 e. The van der Waals surface area contributed by atoms with E-state index in [1.165, 1.54) is 11.8 Å². The summed E-state index contributed by atoms with van der Waals surface area (Å²) in [7, 11) is 0. The average molecular weight is 452 g/mol. The van der Waals surface area contributed by atoms with E-state index in [2.05, 4.69) is 15.5 Å². The fraction of sp³-hybridized carbons (Fsp3) is 0.348. The van der Waals surface area contributed by atoms with Crippen LogP contribution in [0, 0.1) is 0 Å². The Morgan fingerprint density at radius 3 is 2.67 bits per heavy atom. The summed E-state index contributed by atoms with van der Waals surface area (Å²) in [6.45, 7) is 3.42. The third-order valence-corrected chi connectivity index (χ3v) is 6.02. The second kappa shape index (κ2) is 8.61. The van der Waals surface area contributed by atoms with E-state index in [0.717, 1.165) is 16.6 Å². The Balaban J connectivity index is 1.23. The quantitative estimate of drug-likeness (QED) is 0.578. The number of hydrogen-bond donors (Lipinski definition) is 2. The first-order chi connectivity index (χ1) is 16.0. The number of aromatic amines is 1. The molecule has 9 nitrogen and oxygen atoms in total. The first-order valence-electron chi connectivity index (χ1n) is 10.9. The van der Waals surface area contributed by atoms with Crippen molar-refractivity contribution < 1.29 is 18.7 Å². The largest absolute Gasteiger partial charge is 0.442 e. The highest BCUT2D eigenvalue weighted by Gasteiger charge is 2.33. The third-order valence-electron chi connectivity index (χ3n) is 6.02. The number of H-pyrrole nitrogens is 1. The second-order valence-corrected chi connectivity index (χ2v) is 8.24. The molecule has 0 radical (unpaired) electrons. The van der Waals surface area contributed by atoms with E-state index in [1.807, 2.05) is 53.4 Å². The zero-order chi connectivity index (χ0) is 22.9. The van der Waals surface area contributed by atoms with Gasteiger partial charge in [0.2, 0.25) is 5.91 Å². The van der Waals surface area contributed by atoms with Crippen LogP contribution < -0.4 is 20.0 Å². The molecule has 2 fully saturated rings. The van der Waals surface area contributed by atoms with Crippen LogP contribution in [-0.2, 0) is 9.53 Å². The number of carbonyl (C=O) groups excluding carboxylic acids is 2. The molecule has 2 amide bonds. The molecule has 0 saturated carbocycles. The zero-order valence-corrected chi connectivity index (χ0v) is 18.2. The van der Waals surface area contributed by atoms with Gasteiger partial charge in [0.1, 0.15) is 6.10 Å². The van der Waals surface area contributed by atoms with Crippen LogP contribution in [0.1, 0.15) is 6.92 Å². The van der Waals surface area contributed by atoms with Gasteiger partial charge in [-0.25, -0.2) is 9.18 Å². The number of halogens is 1. The SMILES string of the molecule is CC(=O)NCC1CN(c2ccc(N3CCN(c4n[nH]c5ccccc45)[C@@H](F)C3)cc2)C(=O)O1. The van der Waals surface area contributed by atoms with E-state index in [4.69, 9.17) is 4.74 Å². The molecule has 3 aromatic rings. The highest BCUT2D eigenvalue weighted by molar-refractivity contribution is 5.91. The number of amides is 2. The van der Waals surface area contributed by atoms with Gasteiger partial charge >= 0.3 is 6.09 Å². The third kappa shape index (κ3) is 4.15. The van der Waals surface area contributed by atoms with Gasteiger partial charge in [0.15, 0.2) is 12.1 Å². The first kappa shape index (κ1) is 21.0. The lowest BCUT2D eigenvalue weighted by atomic mass is 10.2. The molecule has 10 heteroatoms. The van der Waals surface area contributed by atoms with E-state index >= 15 is 4.39 Å².